The number of carboxylic acids is 1. The van der Waals surface area contributed by atoms with Crippen LogP contribution in [0.25, 0.3) is 11.0 Å². The van der Waals surface area contributed by atoms with Crippen molar-refractivity contribution >= 4 is 22.9 Å². The average Bonchev–Trinajstić information content (AvgIpc) is 2.90. The van der Waals surface area contributed by atoms with Crippen LogP contribution in [0.4, 0.5) is 0 Å². The number of fused-ring (bicyclic) bond motifs is 1. The Kier molecular flexibility index (Phi) is 5.00. The lowest BCUT2D eigenvalue weighted by Gasteiger charge is -2.28. The number of methoxy groups -OCH3 is 1. The molecule has 0 aliphatic carbocycles. The second-order valence-corrected chi connectivity index (χ2v) is 5.84. The molecule has 2 unspecified atom stereocenters. The van der Waals surface area contributed by atoms with E-state index in [2.05, 4.69) is 10.3 Å². The molecule has 7 nitrogen and oxygen atoms in total. The number of ether oxygens (including phenoxy) is 1. The van der Waals surface area contributed by atoms with Crippen molar-refractivity contribution in [2.45, 2.75) is 25.9 Å². The third-order valence-corrected chi connectivity index (χ3v) is 3.75. The van der Waals surface area contributed by atoms with E-state index in [9.17, 15) is 14.7 Å². The maximum absolute atomic E-state index is 12.2. The fraction of sp³-hybridized carbons (Fsp3) is 0.438. The molecule has 23 heavy (non-hydrogen) atoms. The predicted octanol–water partition coefficient (Wildman–Crippen LogP) is 1.28. The molecule has 0 aliphatic rings. The topological polar surface area (TPSA) is 93.5 Å². The van der Waals surface area contributed by atoms with Crippen LogP contribution in [0.1, 0.15) is 13.8 Å². The first-order chi connectivity index (χ1) is 10.9. The van der Waals surface area contributed by atoms with Gasteiger partial charge in [0.2, 0.25) is 5.91 Å². The average molecular weight is 319 g/mol. The van der Waals surface area contributed by atoms with E-state index < -0.39 is 17.4 Å². The van der Waals surface area contributed by atoms with Crippen molar-refractivity contribution in [3.8, 4) is 0 Å². The number of carbonyl (C=O) groups is 2. The molecule has 124 valence electrons. The fourth-order valence-corrected chi connectivity index (χ4v) is 2.36. The lowest BCUT2D eigenvalue weighted by atomic mass is 10.0. The molecular formula is C16H21N3O4. The first kappa shape index (κ1) is 17.0. The van der Waals surface area contributed by atoms with Crippen LogP contribution in [0, 0.1) is 5.92 Å². The van der Waals surface area contributed by atoms with Gasteiger partial charge in [0, 0.05) is 7.11 Å². The van der Waals surface area contributed by atoms with E-state index in [0.717, 1.165) is 11.0 Å². The van der Waals surface area contributed by atoms with Crippen molar-refractivity contribution in [2.75, 3.05) is 13.7 Å². The zero-order valence-corrected chi connectivity index (χ0v) is 13.4. The zero-order chi connectivity index (χ0) is 17.0. The maximum atomic E-state index is 12.2. The number of imidazole rings is 1. The van der Waals surface area contributed by atoms with Crippen molar-refractivity contribution in [1.82, 2.24) is 14.9 Å². The first-order valence-electron chi connectivity index (χ1n) is 7.31. The van der Waals surface area contributed by atoms with E-state index >= 15 is 0 Å². The minimum atomic E-state index is -1.44. The number of amides is 1. The van der Waals surface area contributed by atoms with E-state index in [1.165, 1.54) is 14.0 Å². The monoisotopic (exact) mass is 319 g/mol. The molecule has 2 N–H and O–H groups in total. The molecule has 2 atom stereocenters. The highest BCUT2D eigenvalue weighted by Gasteiger charge is 2.36. The number of hydrogen-bond donors (Lipinski definition) is 2. The van der Waals surface area contributed by atoms with Crippen LogP contribution in [0.3, 0.4) is 0 Å². The van der Waals surface area contributed by atoms with Gasteiger partial charge in [0.05, 0.1) is 36.4 Å². The van der Waals surface area contributed by atoms with E-state index in [0.29, 0.717) is 0 Å². The Morgan fingerprint density at radius 2 is 2.13 bits per heavy atom. The summed E-state index contributed by atoms with van der Waals surface area (Å²) in [5.41, 5.74) is 0.154. The third kappa shape index (κ3) is 3.68. The molecule has 0 saturated heterocycles. The van der Waals surface area contributed by atoms with Gasteiger partial charge in [0.15, 0.2) is 5.54 Å². The van der Waals surface area contributed by atoms with Gasteiger partial charge in [-0.05, 0) is 19.1 Å². The molecule has 0 radical (unpaired) electrons. The first-order valence-corrected chi connectivity index (χ1v) is 7.31. The van der Waals surface area contributed by atoms with Gasteiger partial charge in [-0.2, -0.15) is 0 Å². The molecule has 2 aromatic rings. The van der Waals surface area contributed by atoms with Crippen molar-refractivity contribution < 1.29 is 19.4 Å². The number of aromatic nitrogens is 2. The second kappa shape index (κ2) is 6.78. The molecule has 0 bridgehead atoms. The van der Waals surface area contributed by atoms with Crippen molar-refractivity contribution in [3.05, 3.63) is 30.6 Å². The Morgan fingerprint density at radius 3 is 2.78 bits per heavy atom. The van der Waals surface area contributed by atoms with Gasteiger partial charge in [0.25, 0.3) is 0 Å². The summed E-state index contributed by atoms with van der Waals surface area (Å²) in [5, 5.41) is 12.2. The van der Waals surface area contributed by atoms with E-state index in [4.69, 9.17) is 4.74 Å². The summed E-state index contributed by atoms with van der Waals surface area (Å²) >= 11 is 0. The van der Waals surface area contributed by atoms with Crippen LogP contribution < -0.4 is 5.32 Å². The molecule has 1 heterocycles. The molecular weight excluding hydrogens is 298 g/mol. The van der Waals surface area contributed by atoms with Gasteiger partial charge in [-0.3, -0.25) is 4.79 Å². The summed E-state index contributed by atoms with van der Waals surface area (Å²) in [4.78, 5) is 28.1. The molecule has 1 aromatic carbocycles. The Morgan fingerprint density at radius 1 is 1.43 bits per heavy atom. The van der Waals surface area contributed by atoms with Crippen molar-refractivity contribution in [2.24, 2.45) is 5.92 Å². The molecule has 1 amide bonds. The standard InChI is InChI=1S/C16H21N3O4/c1-11(8-23-3)14(20)18-16(2,15(21)22)9-19-10-17-12-6-4-5-7-13(12)19/h4-7,10-11H,8-9H2,1-3H3,(H,18,20)(H,21,22). The Bertz CT molecular complexity index is 712. The second-order valence-electron chi connectivity index (χ2n) is 5.84. The summed E-state index contributed by atoms with van der Waals surface area (Å²) in [6.07, 6.45) is 1.58. The maximum Gasteiger partial charge on any atom is 0.331 e. The van der Waals surface area contributed by atoms with Crippen molar-refractivity contribution in [3.63, 3.8) is 0 Å². The summed E-state index contributed by atoms with van der Waals surface area (Å²) in [5.74, 6) is -1.90. The van der Waals surface area contributed by atoms with Crippen LogP contribution in [-0.2, 0) is 20.9 Å². The molecule has 0 saturated carbocycles. The van der Waals surface area contributed by atoms with Gasteiger partial charge in [0.1, 0.15) is 0 Å². The lowest BCUT2D eigenvalue weighted by molar-refractivity contribution is -0.148. The number of nitrogens with one attached hydrogen (secondary N) is 1. The number of hydrogen-bond acceptors (Lipinski definition) is 4. The minimum absolute atomic E-state index is 0.0777. The van der Waals surface area contributed by atoms with Crippen LogP contribution >= 0.6 is 0 Å². The number of rotatable bonds is 7. The number of nitrogens with zero attached hydrogens (tertiary/aromatic N) is 2. The fourth-order valence-electron chi connectivity index (χ4n) is 2.36. The van der Waals surface area contributed by atoms with Crippen LogP contribution in [0.5, 0.6) is 0 Å². The SMILES string of the molecule is COCC(C)C(=O)NC(C)(Cn1cnc2ccccc21)C(=O)O. The smallest absolute Gasteiger partial charge is 0.331 e. The molecule has 0 spiro atoms. The molecule has 1 aromatic heterocycles. The van der Waals surface area contributed by atoms with Gasteiger partial charge in [-0.1, -0.05) is 19.1 Å². The molecule has 0 aliphatic heterocycles. The predicted molar refractivity (Wildman–Crippen MR) is 85.0 cm³/mol. The summed E-state index contributed by atoms with van der Waals surface area (Å²) in [7, 11) is 1.50. The Labute approximate surface area is 134 Å². The number of aliphatic carboxylic acids is 1. The highest BCUT2D eigenvalue weighted by atomic mass is 16.5. The van der Waals surface area contributed by atoms with Gasteiger partial charge < -0.3 is 19.7 Å². The van der Waals surface area contributed by atoms with Gasteiger partial charge in [-0.15, -0.1) is 0 Å². The van der Waals surface area contributed by atoms with Gasteiger partial charge in [-0.25, -0.2) is 9.78 Å². The Hall–Kier alpha value is -2.41. The number of benzene rings is 1. The van der Waals surface area contributed by atoms with E-state index in [1.54, 1.807) is 17.8 Å². The third-order valence-electron chi connectivity index (χ3n) is 3.75. The molecule has 2 rings (SSSR count). The number of carbonyl (C=O) groups excluding carboxylic acids is 1. The number of para-hydroxylation sites is 2. The van der Waals surface area contributed by atoms with Gasteiger partial charge >= 0.3 is 5.97 Å². The highest BCUT2D eigenvalue weighted by molar-refractivity contribution is 5.88. The largest absolute Gasteiger partial charge is 0.479 e. The molecule has 7 heteroatoms. The van der Waals surface area contributed by atoms with E-state index in [-0.39, 0.29) is 19.1 Å². The van der Waals surface area contributed by atoms with Crippen LogP contribution in [0.2, 0.25) is 0 Å². The van der Waals surface area contributed by atoms with Crippen molar-refractivity contribution in [1.29, 1.82) is 0 Å². The summed E-state index contributed by atoms with van der Waals surface area (Å²) in [6, 6.07) is 7.44. The Balaban J connectivity index is 2.24. The molecule has 0 fully saturated rings. The minimum Gasteiger partial charge on any atom is -0.479 e. The van der Waals surface area contributed by atoms with E-state index in [1.807, 2.05) is 24.3 Å². The normalized spacial score (nSPS) is 15.1. The summed E-state index contributed by atoms with van der Waals surface area (Å²) < 4.78 is 6.67. The lowest BCUT2D eigenvalue weighted by Crippen LogP contribution is -2.56. The quantitative estimate of drug-likeness (QED) is 0.802. The number of carboxylic acid groups (broad SMARTS) is 1. The van der Waals surface area contributed by atoms with Crippen LogP contribution in [-0.4, -0.2) is 45.8 Å². The summed E-state index contributed by atoms with van der Waals surface area (Å²) in [6.45, 7) is 3.49. The zero-order valence-electron chi connectivity index (χ0n) is 13.4. The van der Waals surface area contributed by atoms with Crippen LogP contribution in [0.15, 0.2) is 30.6 Å². The highest BCUT2D eigenvalue weighted by Crippen LogP contribution is 2.17.